The fourth-order valence-electron chi connectivity index (χ4n) is 1.20. The zero-order valence-corrected chi connectivity index (χ0v) is 8.22. The Bertz CT molecular complexity index is 253. The molecule has 1 rings (SSSR count). The van der Waals surface area contributed by atoms with Crippen molar-refractivity contribution in [2.24, 2.45) is 0 Å². The van der Waals surface area contributed by atoms with Gasteiger partial charge in [0.15, 0.2) is 0 Å². The van der Waals surface area contributed by atoms with E-state index in [0.717, 1.165) is 0 Å². The molecule has 0 bridgehead atoms. The smallest absolute Gasteiger partial charge is 0.129 e. The van der Waals surface area contributed by atoms with Gasteiger partial charge in [0.1, 0.15) is 5.69 Å². The van der Waals surface area contributed by atoms with E-state index in [4.69, 9.17) is 0 Å². The van der Waals surface area contributed by atoms with Gasteiger partial charge >= 0.3 is 0 Å². The van der Waals surface area contributed by atoms with E-state index in [1.54, 1.807) is 0 Å². The Balaban J connectivity index is 2.69. The van der Waals surface area contributed by atoms with Gasteiger partial charge in [-0.2, -0.15) is 0 Å². The van der Waals surface area contributed by atoms with Gasteiger partial charge in [0.2, 0.25) is 0 Å². The molecule has 0 aliphatic heterocycles. The predicted octanol–water partition coefficient (Wildman–Crippen LogP) is 1.91. The highest BCUT2D eigenvalue weighted by Gasteiger charge is 1.97. The molecule has 0 saturated heterocycles. The Morgan fingerprint density at radius 1 is 1.17 bits per heavy atom. The third-order valence-electron chi connectivity index (χ3n) is 2.20. The second-order valence-electron chi connectivity index (χ2n) is 3.34. The van der Waals surface area contributed by atoms with Gasteiger partial charge in [-0.05, 0) is 37.5 Å². The highest BCUT2D eigenvalue weighted by atomic mass is 14.9. The molecule has 0 unspecified atom stereocenters. The van der Waals surface area contributed by atoms with Gasteiger partial charge in [0.25, 0.3) is 0 Å². The summed E-state index contributed by atoms with van der Waals surface area (Å²) in [6.45, 7) is 7.71. The molecule has 1 heteroatoms. The summed E-state index contributed by atoms with van der Waals surface area (Å²) in [5, 5.41) is 2.30. The molecule has 0 saturated carbocycles. The number of hydrogen-bond donors (Lipinski definition) is 1. The molecule has 0 aliphatic carbocycles. The van der Waals surface area contributed by atoms with E-state index < -0.39 is 0 Å². The van der Waals surface area contributed by atoms with Gasteiger partial charge in [-0.25, -0.2) is 0 Å². The first-order valence-electron chi connectivity index (χ1n) is 4.64. The number of benzene rings is 1. The lowest BCUT2D eigenvalue weighted by Gasteiger charge is -2.02. The van der Waals surface area contributed by atoms with Crippen molar-refractivity contribution in [3.05, 3.63) is 29.3 Å². The molecule has 1 nitrogen and oxygen atoms in total. The summed E-state index contributed by atoms with van der Waals surface area (Å²) in [5.74, 6) is 0. The zero-order chi connectivity index (χ0) is 8.97. The fourth-order valence-corrected chi connectivity index (χ4v) is 1.20. The molecule has 0 fully saturated rings. The molecule has 0 atom stereocenters. The molecule has 1 aromatic carbocycles. The highest BCUT2D eigenvalue weighted by Crippen LogP contribution is 2.09. The molecule has 12 heavy (non-hydrogen) atoms. The molecule has 0 amide bonds. The first kappa shape index (κ1) is 9.27. The minimum Gasteiger partial charge on any atom is -0.314 e. The third-order valence-corrected chi connectivity index (χ3v) is 2.20. The van der Waals surface area contributed by atoms with Crippen LogP contribution in [0.4, 0.5) is 5.69 Å². The zero-order valence-electron chi connectivity index (χ0n) is 8.22. The molecule has 1 aromatic rings. The van der Waals surface area contributed by atoms with Crippen molar-refractivity contribution in [2.45, 2.75) is 27.2 Å². The number of nitrogens with two attached hydrogens (primary N) is 1. The maximum Gasteiger partial charge on any atom is 0.129 e. The highest BCUT2D eigenvalue weighted by molar-refractivity contribution is 5.37. The van der Waals surface area contributed by atoms with Gasteiger partial charge in [0.05, 0.1) is 6.54 Å². The average Bonchev–Trinajstić information content (AvgIpc) is 2.07. The topological polar surface area (TPSA) is 16.6 Å². The minimum absolute atomic E-state index is 1.18. The van der Waals surface area contributed by atoms with Crippen molar-refractivity contribution in [3.8, 4) is 0 Å². The van der Waals surface area contributed by atoms with E-state index in [1.807, 2.05) is 0 Å². The van der Waals surface area contributed by atoms with E-state index in [2.05, 4.69) is 44.3 Å². The summed E-state index contributed by atoms with van der Waals surface area (Å²) in [6.07, 6.45) is 1.23. The molecular weight excluding hydrogens is 146 g/mol. The molecular formula is C11H18N+. The fraction of sp³-hybridized carbons (Fsp3) is 0.455. The van der Waals surface area contributed by atoms with Crippen molar-refractivity contribution in [1.82, 2.24) is 0 Å². The number of hydrogen-bond acceptors (Lipinski definition) is 0. The summed E-state index contributed by atoms with van der Waals surface area (Å²) in [4.78, 5) is 0. The number of aryl methyl sites for hydroxylation is 2. The Morgan fingerprint density at radius 3 is 2.50 bits per heavy atom. The Hall–Kier alpha value is -0.820. The summed E-state index contributed by atoms with van der Waals surface area (Å²) < 4.78 is 0. The van der Waals surface area contributed by atoms with Crippen LogP contribution < -0.4 is 5.32 Å². The first-order valence-corrected chi connectivity index (χ1v) is 4.64. The van der Waals surface area contributed by atoms with Gasteiger partial charge in [-0.15, -0.1) is 0 Å². The molecule has 66 valence electrons. The standard InChI is InChI=1S/C11H17N/c1-4-7-12-11-6-5-9(2)10(3)8-11/h5-6,8,12H,4,7H2,1-3H3/p+1. The SMILES string of the molecule is CCC[NH2+]c1ccc(C)c(C)c1. The van der Waals surface area contributed by atoms with Crippen LogP contribution in [-0.4, -0.2) is 6.54 Å². The van der Waals surface area contributed by atoms with Gasteiger partial charge < -0.3 is 5.32 Å². The number of quaternary nitrogens is 1. The molecule has 0 heterocycles. The van der Waals surface area contributed by atoms with Crippen LogP contribution in [-0.2, 0) is 0 Å². The predicted molar refractivity (Wildman–Crippen MR) is 52.7 cm³/mol. The second-order valence-corrected chi connectivity index (χ2v) is 3.34. The normalized spacial score (nSPS) is 10.2. The van der Waals surface area contributed by atoms with Crippen molar-refractivity contribution in [3.63, 3.8) is 0 Å². The van der Waals surface area contributed by atoms with Crippen molar-refractivity contribution in [2.75, 3.05) is 6.54 Å². The van der Waals surface area contributed by atoms with Crippen LogP contribution in [0.5, 0.6) is 0 Å². The van der Waals surface area contributed by atoms with Gasteiger partial charge in [0, 0.05) is 6.07 Å². The summed E-state index contributed by atoms with van der Waals surface area (Å²) >= 11 is 0. The average molecular weight is 164 g/mol. The van der Waals surface area contributed by atoms with E-state index in [9.17, 15) is 0 Å². The molecule has 0 spiro atoms. The monoisotopic (exact) mass is 164 g/mol. The van der Waals surface area contributed by atoms with Crippen molar-refractivity contribution in [1.29, 1.82) is 0 Å². The molecule has 2 N–H and O–H groups in total. The van der Waals surface area contributed by atoms with Crippen LogP contribution in [0, 0.1) is 13.8 Å². The maximum atomic E-state index is 2.30. The van der Waals surface area contributed by atoms with E-state index in [0.29, 0.717) is 0 Å². The second kappa shape index (κ2) is 4.27. The van der Waals surface area contributed by atoms with Crippen molar-refractivity contribution >= 4 is 5.69 Å². The minimum atomic E-state index is 1.18. The van der Waals surface area contributed by atoms with Crippen LogP contribution >= 0.6 is 0 Å². The maximum absolute atomic E-state index is 2.30. The van der Waals surface area contributed by atoms with Crippen molar-refractivity contribution < 1.29 is 5.32 Å². The summed E-state index contributed by atoms with van der Waals surface area (Å²) in [5.41, 5.74) is 4.13. The van der Waals surface area contributed by atoms with Crippen LogP contribution in [0.15, 0.2) is 18.2 Å². The summed E-state index contributed by atoms with van der Waals surface area (Å²) in [7, 11) is 0. The lowest BCUT2D eigenvalue weighted by atomic mass is 10.1. The molecule has 0 aliphatic rings. The Morgan fingerprint density at radius 2 is 1.92 bits per heavy atom. The summed E-state index contributed by atoms with van der Waals surface area (Å²) in [6, 6.07) is 6.64. The third kappa shape index (κ3) is 2.35. The lowest BCUT2D eigenvalue weighted by molar-refractivity contribution is -0.571. The Labute approximate surface area is 74.8 Å². The van der Waals surface area contributed by atoms with Crippen LogP contribution in [0.1, 0.15) is 24.5 Å². The lowest BCUT2D eigenvalue weighted by Crippen LogP contribution is -2.77. The Kier molecular flexibility index (Phi) is 3.30. The van der Waals surface area contributed by atoms with E-state index in [-0.39, 0.29) is 0 Å². The van der Waals surface area contributed by atoms with Gasteiger partial charge in [-0.1, -0.05) is 13.0 Å². The van der Waals surface area contributed by atoms with Gasteiger partial charge in [-0.3, -0.25) is 0 Å². The quantitative estimate of drug-likeness (QED) is 0.657. The number of rotatable bonds is 3. The van der Waals surface area contributed by atoms with E-state index >= 15 is 0 Å². The van der Waals surface area contributed by atoms with E-state index in [1.165, 1.54) is 29.8 Å². The molecule has 0 radical (unpaired) electrons. The molecule has 0 aromatic heterocycles. The van der Waals surface area contributed by atoms with Crippen LogP contribution in [0.25, 0.3) is 0 Å². The van der Waals surface area contributed by atoms with Crippen LogP contribution in [0.3, 0.4) is 0 Å². The largest absolute Gasteiger partial charge is 0.314 e. The van der Waals surface area contributed by atoms with Crippen LogP contribution in [0.2, 0.25) is 0 Å². The first-order chi connectivity index (χ1) is 5.74.